The fraction of sp³-hybridized carbons (Fsp3) is 1.00. The Kier molecular flexibility index (Phi) is 8.35. The highest BCUT2D eigenvalue weighted by atomic mass is 32.2. The van der Waals surface area contributed by atoms with E-state index in [1.54, 1.807) is 0 Å². The molecule has 0 saturated carbocycles. The van der Waals surface area contributed by atoms with Gasteiger partial charge in [-0.15, -0.1) is 23.5 Å². The van der Waals surface area contributed by atoms with Crippen LogP contribution in [-0.4, -0.2) is 57.5 Å². The monoisotopic (exact) mass is 463 g/mol. The van der Waals surface area contributed by atoms with Gasteiger partial charge in [-0.05, 0) is 60.6 Å². The molecule has 0 aromatic heterocycles. The standard InChI is InChI=1S/C21H45NO2S2Si2/c1-20(2,3)27(7,8)23-16-14-17(22-15-16)18(19-25-12-11-13-26-19)24-28(9,10)21(4,5)6/h16-19,22H,11-15H2,1-10H3/t16-,17+,18+/m1/s1. The lowest BCUT2D eigenvalue weighted by Crippen LogP contribution is -2.52. The van der Waals surface area contributed by atoms with Gasteiger partial charge in [-0.25, -0.2) is 0 Å². The highest BCUT2D eigenvalue weighted by Crippen LogP contribution is 2.44. The maximum absolute atomic E-state index is 7.06. The van der Waals surface area contributed by atoms with Crippen LogP contribution in [0.1, 0.15) is 54.4 Å². The molecule has 0 radical (unpaired) electrons. The van der Waals surface area contributed by atoms with Crippen molar-refractivity contribution in [2.75, 3.05) is 18.1 Å². The minimum atomic E-state index is -1.82. The molecule has 2 heterocycles. The molecule has 0 unspecified atom stereocenters. The molecule has 2 aliphatic heterocycles. The van der Waals surface area contributed by atoms with E-state index in [9.17, 15) is 0 Å². The molecule has 0 bridgehead atoms. The summed E-state index contributed by atoms with van der Waals surface area (Å²) in [6, 6.07) is 0.409. The van der Waals surface area contributed by atoms with Crippen LogP contribution >= 0.6 is 23.5 Å². The van der Waals surface area contributed by atoms with Gasteiger partial charge < -0.3 is 14.2 Å². The summed E-state index contributed by atoms with van der Waals surface area (Å²) in [6.07, 6.45) is 3.02. The molecule has 0 aliphatic carbocycles. The first-order chi connectivity index (χ1) is 12.6. The largest absolute Gasteiger partial charge is 0.413 e. The fourth-order valence-electron chi connectivity index (χ4n) is 3.21. The first-order valence-electron chi connectivity index (χ1n) is 11.0. The molecule has 2 rings (SSSR count). The quantitative estimate of drug-likeness (QED) is 0.465. The second-order valence-electron chi connectivity index (χ2n) is 11.6. The van der Waals surface area contributed by atoms with Crippen LogP contribution in [0.15, 0.2) is 0 Å². The van der Waals surface area contributed by atoms with E-state index in [0.717, 1.165) is 13.0 Å². The van der Waals surface area contributed by atoms with Gasteiger partial charge in [0.25, 0.3) is 0 Å². The second-order valence-corrected chi connectivity index (χ2v) is 23.9. The number of hydrogen-bond acceptors (Lipinski definition) is 5. The normalized spacial score (nSPS) is 27.2. The zero-order valence-electron chi connectivity index (χ0n) is 20.0. The van der Waals surface area contributed by atoms with Gasteiger partial charge in [0.1, 0.15) is 0 Å². The molecule has 0 spiro atoms. The zero-order valence-corrected chi connectivity index (χ0v) is 23.6. The van der Waals surface area contributed by atoms with Crippen LogP contribution < -0.4 is 5.32 Å². The van der Waals surface area contributed by atoms with Gasteiger partial charge in [0.15, 0.2) is 16.6 Å². The molecule has 28 heavy (non-hydrogen) atoms. The Balaban J connectivity index is 2.11. The number of hydrogen-bond donors (Lipinski definition) is 1. The molecule has 2 aliphatic rings. The first-order valence-corrected chi connectivity index (χ1v) is 18.9. The Hall–Kier alpha value is 1.01. The number of thioether (sulfide) groups is 2. The first kappa shape index (κ1) is 25.3. The highest BCUT2D eigenvalue weighted by Gasteiger charge is 2.47. The third kappa shape index (κ3) is 6.27. The summed E-state index contributed by atoms with van der Waals surface area (Å²) in [5, 5.41) is 4.32. The predicted octanol–water partition coefficient (Wildman–Crippen LogP) is 6.33. The Morgan fingerprint density at radius 1 is 0.893 bits per heavy atom. The van der Waals surface area contributed by atoms with Crippen LogP contribution in [0.4, 0.5) is 0 Å². The van der Waals surface area contributed by atoms with Gasteiger partial charge in [0.2, 0.25) is 0 Å². The molecule has 2 saturated heterocycles. The van der Waals surface area contributed by atoms with E-state index < -0.39 is 16.6 Å². The summed E-state index contributed by atoms with van der Waals surface area (Å²) in [5.41, 5.74) is 0. The lowest BCUT2D eigenvalue weighted by Gasteiger charge is -2.44. The molecule has 0 aromatic carbocycles. The minimum Gasteiger partial charge on any atom is -0.413 e. The Labute approximate surface area is 185 Å². The van der Waals surface area contributed by atoms with Crippen molar-refractivity contribution in [3.8, 4) is 0 Å². The van der Waals surface area contributed by atoms with Crippen LogP contribution in [0.3, 0.4) is 0 Å². The SMILES string of the molecule is CC(C)(C)[Si](C)(C)O[C@H]1CN[C@H]([C@H](O[Si](C)(C)C(C)(C)C)C2SCCCS2)C1. The van der Waals surface area contributed by atoms with Crippen LogP contribution in [0.2, 0.25) is 36.3 Å². The van der Waals surface area contributed by atoms with Crippen molar-refractivity contribution in [1.82, 2.24) is 5.32 Å². The molecule has 0 amide bonds. The molecule has 0 aromatic rings. The van der Waals surface area contributed by atoms with E-state index in [4.69, 9.17) is 8.85 Å². The molecular weight excluding hydrogens is 419 g/mol. The Morgan fingerprint density at radius 3 is 1.93 bits per heavy atom. The van der Waals surface area contributed by atoms with E-state index in [1.165, 1.54) is 17.9 Å². The van der Waals surface area contributed by atoms with Crippen LogP contribution in [-0.2, 0) is 8.85 Å². The third-order valence-corrected chi connectivity index (χ3v) is 19.2. The average molecular weight is 464 g/mol. The third-order valence-electron chi connectivity index (χ3n) is 7.15. The number of rotatable bonds is 6. The topological polar surface area (TPSA) is 30.5 Å². The predicted molar refractivity (Wildman–Crippen MR) is 134 cm³/mol. The summed E-state index contributed by atoms with van der Waals surface area (Å²) < 4.78 is 14.4. The number of nitrogens with one attached hydrogen (secondary N) is 1. The maximum atomic E-state index is 7.06. The van der Waals surface area contributed by atoms with Gasteiger partial charge in [-0.1, -0.05) is 41.5 Å². The lowest BCUT2D eigenvalue weighted by atomic mass is 10.1. The van der Waals surface area contributed by atoms with E-state index >= 15 is 0 Å². The van der Waals surface area contributed by atoms with E-state index in [1.807, 2.05) is 0 Å². The molecule has 3 atom stereocenters. The van der Waals surface area contributed by atoms with Crippen molar-refractivity contribution in [3.05, 3.63) is 0 Å². The van der Waals surface area contributed by atoms with Crippen molar-refractivity contribution in [2.24, 2.45) is 0 Å². The van der Waals surface area contributed by atoms with Crippen molar-refractivity contribution >= 4 is 40.2 Å². The van der Waals surface area contributed by atoms with Gasteiger partial charge in [0, 0.05) is 12.6 Å². The van der Waals surface area contributed by atoms with E-state index in [0.29, 0.717) is 16.7 Å². The van der Waals surface area contributed by atoms with Crippen molar-refractivity contribution < 1.29 is 8.85 Å². The highest BCUT2D eigenvalue weighted by molar-refractivity contribution is 8.17. The maximum Gasteiger partial charge on any atom is 0.192 e. The lowest BCUT2D eigenvalue weighted by molar-refractivity contribution is 0.145. The van der Waals surface area contributed by atoms with Gasteiger partial charge in [-0.3, -0.25) is 0 Å². The molecular formula is C21H45NO2S2Si2. The molecule has 3 nitrogen and oxygen atoms in total. The summed E-state index contributed by atoms with van der Waals surface area (Å²) in [7, 11) is -3.55. The van der Waals surface area contributed by atoms with Crippen molar-refractivity contribution in [2.45, 2.75) is 113 Å². The van der Waals surface area contributed by atoms with Gasteiger partial charge in [-0.2, -0.15) is 0 Å². The van der Waals surface area contributed by atoms with Crippen molar-refractivity contribution in [3.63, 3.8) is 0 Å². The zero-order chi connectivity index (χ0) is 21.4. The summed E-state index contributed by atoms with van der Waals surface area (Å²) in [6.45, 7) is 24.6. The average Bonchev–Trinajstić information content (AvgIpc) is 2.99. The molecule has 166 valence electrons. The Bertz CT molecular complexity index is 512. The minimum absolute atomic E-state index is 0.241. The van der Waals surface area contributed by atoms with Gasteiger partial charge >= 0.3 is 0 Å². The second kappa shape index (κ2) is 9.25. The summed E-state index contributed by atoms with van der Waals surface area (Å²) >= 11 is 4.23. The van der Waals surface area contributed by atoms with Crippen LogP contribution in [0, 0.1) is 0 Å². The van der Waals surface area contributed by atoms with E-state index in [2.05, 4.69) is 96.6 Å². The molecule has 2 fully saturated rings. The fourth-order valence-corrected chi connectivity index (χ4v) is 9.21. The van der Waals surface area contributed by atoms with Crippen LogP contribution in [0.5, 0.6) is 0 Å². The van der Waals surface area contributed by atoms with Crippen molar-refractivity contribution in [1.29, 1.82) is 0 Å². The smallest absolute Gasteiger partial charge is 0.192 e. The molecule has 7 heteroatoms. The summed E-state index contributed by atoms with van der Waals surface area (Å²) in [5.74, 6) is 2.54. The summed E-state index contributed by atoms with van der Waals surface area (Å²) in [4.78, 5) is 0. The van der Waals surface area contributed by atoms with Crippen LogP contribution in [0.25, 0.3) is 0 Å². The van der Waals surface area contributed by atoms with Gasteiger partial charge in [0.05, 0.1) is 16.8 Å². The Morgan fingerprint density at radius 2 is 1.43 bits per heavy atom. The van der Waals surface area contributed by atoms with E-state index in [-0.39, 0.29) is 16.2 Å². The molecule has 1 N–H and O–H groups in total.